The predicted octanol–water partition coefficient (Wildman–Crippen LogP) is 4.14. The minimum absolute atomic E-state index is 0.00554. The summed E-state index contributed by atoms with van der Waals surface area (Å²) in [5.74, 6) is 0. The fourth-order valence-electron chi connectivity index (χ4n) is 3.10. The normalized spacial score (nSPS) is 14.7. The third-order valence-corrected chi connectivity index (χ3v) is 4.73. The summed E-state index contributed by atoms with van der Waals surface area (Å²) >= 11 is 0. The summed E-state index contributed by atoms with van der Waals surface area (Å²) in [4.78, 5) is 14.6. The molecule has 1 amide bonds. The molecule has 5 heteroatoms. The Hall–Kier alpha value is -2.53. The van der Waals surface area contributed by atoms with Crippen LogP contribution in [0.2, 0.25) is 0 Å². The van der Waals surface area contributed by atoms with Gasteiger partial charge in [-0.05, 0) is 34.7 Å². The summed E-state index contributed by atoms with van der Waals surface area (Å²) in [6.07, 6.45) is -0.434. The van der Waals surface area contributed by atoms with Gasteiger partial charge in [-0.3, -0.25) is 5.32 Å². The van der Waals surface area contributed by atoms with Crippen molar-refractivity contribution in [3.8, 4) is 0 Å². The SMILES string of the molecule is CC(C)(C)c1cc(NC(=O)OCc2ccccc2)cc(N2CCNCC2)c1. The van der Waals surface area contributed by atoms with Crippen molar-refractivity contribution < 1.29 is 9.53 Å². The molecule has 0 saturated carbocycles. The van der Waals surface area contributed by atoms with Crippen LogP contribution in [0.3, 0.4) is 0 Å². The van der Waals surface area contributed by atoms with E-state index >= 15 is 0 Å². The van der Waals surface area contributed by atoms with Crippen LogP contribution in [0.25, 0.3) is 0 Å². The first-order valence-corrected chi connectivity index (χ1v) is 9.51. The number of ether oxygens (including phenoxy) is 1. The summed E-state index contributed by atoms with van der Waals surface area (Å²) in [6.45, 7) is 10.7. The number of nitrogens with one attached hydrogen (secondary N) is 2. The van der Waals surface area contributed by atoms with Gasteiger partial charge in [0.05, 0.1) is 0 Å². The molecule has 0 radical (unpaired) electrons. The molecule has 27 heavy (non-hydrogen) atoms. The van der Waals surface area contributed by atoms with Gasteiger partial charge in [0.2, 0.25) is 0 Å². The maximum atomic E-state index is 12.3. The van der Waals surface area contributed by atoms with E-state index in [1.54, 1.807) is 0 Å². The maximum absolute atomic E-state index is 12.3. The lowest BCUT2D eigenvalue weighted by Crippen LogP contribution is -2.43. The van der Waals surface area contributed by atoms with Crippen LogP contribution in [-0.4, -0.2) is 32.3 Å². The first kappa shape index (κ1) is 19.2. The molecule has 2 aromatic rings. The second-order valence-corrected chi connectivity index (χ2v) is 7.94. The van der Waals surface area contributed by atoms with Crippen LogP contribution in [0, 0.1) is 0 Å². The van der Waals surface area contributed by atoms with E-state index in [-0.39, 0.29) is 12.0 Å². The van der Waals surface area contributed by atoms with Crippen molar-refractivity contribution in [2.45, 2.75) is 32.8 Å². The van der Waals surface area contributed by atoms with E-state index < -0.39 is 6.09 Å². The minimum atomic E-state index is -0.434. The minimum Gasteiger partial charge on any atom is -0.444 e. The van der Waals surface area contributed by atoms with Gasteiger partial charge in [-0.1, -0.05) is 51.1 Å². The molecule has 0 spiro atoms. The molecule has 3 rings (SSSR count). The van der Waals surface area contributed by atoms with Gasteiger partial charge in [-0.25, -0.2) is 4.79 Å². The molecule has 1 heterocycles. The molecule has 1 saturated heterocycles. The summed E-state index contributed by atoms with van der Waals surface area (Å²) in [5.41, 5.74) is 4.07. The van der Waals surface area contributed by atoms with Crippen LogP contribution >= 0.6 is 0 Å². The lowest BCUT2D eigenvalue weighted by Gasteiger charge is -2.31. The van der Waals surface area contributed by atoms with Gasteiger partial charge in [0.25, 0.3) is 0 Å². The van der Waals surface area contributed by atoms with E-state index in [4.69, 9.17) is 4.74 Å². The third kappa shape index (κ3) is 5.47. The monoisotopic (exact) mass is 367 g/mol. The Balaban J connectivity index is 1.73. The predicted molar refractivity (Wildman–Crippen MR) is 110 cm³/mol. The van der Waals surface area contributed by atoms with Gasteiger partial charge in [0.15, 0.2) is 0 Å². The largest absolute Gasteiger partial charge is 0.444 e. The van der Waals surface area contributed by atoms with Crippen molar-refractivity contribution in [1.82, 2.24) is 5.32 Å². The molecule has 144 valence electrons. The lowest BCUT2D eigenvalue weighted by molar-refractivity contribution is 0.155. The van der Waals surface area contributed by atoms with Gasteiger partial charge in [-0.15, -0.1) is 0 Å². The molecule has 1 aliphatic heterocycles. The molecule has 0 aromatic heterocycles. The average Bonchev–Trinajstić information content (AvgIpc) is 2.67. The van der Waals surface area contributed by atoms with Crippen molar-refractivity contribution >= 4 is 17.5 Å². The average molecular weight is 367 g/mol. The molecule has 0 aliphatic carbocycles. The molecule has 2 N–H and O–H groups in total. The van der Waals surface area contributed by atoms with Crippen molar-refractivity contribution in [3.63, 3.8) is 0 Å². The molecule has 5 nitrogen and oxygen atoms in total. The van der Waals surface area contributed by atoms with Crippen LogP contribution in [0.1, 0.15) is 31.9 Å². The Morgan fingerprint density at radius 1 is 1.11 bits per heavy atom. The van der Waals surface area contributed by atoms with E-state index in [2.05, 4.69) is 42.4 Å². The highest BCUT2D eigenvalue weighted by atomic mass is 16.5. The number of piperazine rings is 1. The molecule has 0 bridgehead atoms. The molecule has 0 atom stereocenters. The second-order valence-electron chi connectivity index (χ2n) is 7.94. The fraction of sp³-hybridized carbons (Fsp3) is 0.409. The summed E-state index contributed by atoms with van der Waals surface area (Å²) in [7, 11) is 0. The number of anilines is 2. The van der Waals surface area contributed by atoms with E-state index in [0.717, 1.165) is 43.1 Å². The van der Waals surface area contributed by atoms with Crippen molar-refractivity contribution in [2.75, 3.05) is 36.4 Å². The zero-order chi connectivity index (χ0) is 19.3. The van der Waals surface area contributed by atoms with Crippen LogP contribution in [-0.2, 0) is 16.8 Å². The van der Waals surface area contributed by atoms with Gasteiger partial charge in [0.1, 0.15) is 6.61 Å². The zero-order valence-electron chi connectivity index (χ0n) is 16.4. The first-order valence-electron chi connectivity index (χ1n) is 9.51. The molecule has 1 fully saturated rings. The van der Waals surface area contributed by atoms with Crippen LogP contribution in [0.5, 0.6) is 0 Å². The Bertz CT molecular complexity index is 763. The quantitative estimate of drug-likeness (QED) is 0.853. The second kappa shape index (κ2) is 8.44. The maximum Gasteiger partial charge on any atom is 0.411 e. The van der Waals surface area contributed by atoms with Gasteiger partial charge in [0, 0.05) is 37.6 Å². The van der Waals surface area contributed by atoms with Crippen LogP contribution in [0.15, 0.2) is 48.5 Å². The third-order valence-electron chi connectivity index (χ3n) is 4.73. The zero-order valence-corrected chi connectivity index (χ0v) is 16.4. The Labute approximate surface area is 161 Å². The van der Waals surface area contributed by atoms with Crippen LogP contribution in [0.4, 0.5) is 16.2 Å². The van der Waals surface area contributed by atoms with E-state index in [1.165, 1.54) is 5.56 Å². The van der Waals surface area contributed by atoms with Crippen molar-refractivity contribution in [3.05, 3.63) is 59.7 Å². The highest BCUT2D eigenvalue weighted by Gasteiger charge is 2.19. The number of hydrogen-bond donors (Lipinski definition) is 2. The molecule has 2 aromatic carbocycles. The number of carbonyl (C=O) groups is 1. The number of amides is 1. The van der Waals surface area contributed by atoms with Crippen molar-refractivity contribution in [2.24, 2.45) is 0 Å². The Kier molecular flexibility index (Phi) is 6.01. The van der Waals surface area contributed by atoms with Crippen LogP contribution < -0.4 is 15.5 Å². The number of hydrogen-bond acceptors (Lipinski definition) is 4. The number of carbonyl (C=O) groups excluding carboxylic acids is 1. The Morgan fingerprint density at radius 3 is 2.48 bits per heavy atom. The standard InChI is InChI=1S/C22H29N3O2/c1-22(2,3)18-13-19(15-20(14-18)25-11-9-23-10-12-25)24-21(26)27-16-17-7-5-4-6-8-17/h4-8,13-15,23H,9-12,16H2,1-3H3,(H,24,26). The number of nitrogens with zero attached hydrogens (tertiary/aromatic N) is 1. The molecular weight excluding hydrogens is 338 g/mol. The molecule has 0 unspecified atom stereocenters. The molecular formula is C22H29N3O2. The van der Waals surface area contributed by atoms with Gasteiger partial charge < -0.3 is 15.0 Å². The summed E-state index contributed by atoms with van der Waals surface area (Å²) in [6, 6.07) is 16.0. The highest BCUT2D eigenvalue weighted by molar-refractivity contribution is 5.85. The smallest absolute Gasteiger partial charge is 0.411 e. The number of benzene rings is 2. The highest BCUT2D eigenvalue weighted by Crippen LogP contribution is 2.30. The van der Waals surface area contributed by atoms with E-state index in [1.807, 2.05) is 42.5 Å². The first-order chi connectivity index (χ1) is 12.9. The topological polar surface area (TPSA) is 53.6 Å². The number of rotatable bonds is 4. The fourth-order valence-corrected chi connectivity index (χ4v) is 3.10. The van der Waals surface area contributed by atoms with Crippen molar-refractivity contribution in [1.29, 1.82) is 0 Å². The van der Waals surface area contributed by atoms with E-state index in [0.29, 0.717) is 0 Å². The summed E-state index contributed by atoms with van der Waals surface area (Å²) < 4.78 is 5.37. The van der Waals surface area contributed by atoms with E-state index in [9.17, 15) is 4.79 Å². The molecule has 1 aliphatic rings. The van der Waals surface area contributed by atoms with Gasteiger partial charge in [-0.2, -0.15) is 0 Å². The lowest BCUT2D eigenvalue weighted by atomic mass is 9.86. The Morgan fingerprint density at radius 2 is 1.81 bits per heavy atom. The summed E-state index contributed by atoms with van der Waals surface area (Å²) in [5, 5.41) is 6.28. The van der Waals surface area contributed by atoms with Gasteiger partial charge >= 0.3 is 6.09 Å².